The number of H-pyrrole nitrogens is 1. The van der Waals surface area contributed by atoms with Gasteiger partial charge < -0.3 is 20.3 Å². The number of amides is 1. The Morgan fingerprint density at radius 1 is 1.44 bits per heavy atom. The predicted octanol–water partition coefficient (Wildman–Crippen LogP) is -0.949. The number of aryl methyl sites for hydroxylation is 1. The van der Waals surface area contributed by atoms with E-state index in [0.717, 1.165) is 0 Å². The van der Waals surface area contributed by atoms with Crippen LogP contribution in [0.15, 0.2) is 15.8 Å². The van der Waals surface area contributed by atoms with E-state index in [0.29, 0.717) is 35.8 Å². The average molecular weight is 467 g/mol. The first-order chi connectivity index (χ1) is 12.0. The molecule has 1 aromatic heterocycles. The van der Waals surface area contributed by atoms with E-state index in [1.807, 2.05) is 22.6 Å². The van der Waals surface area contributed by atoms with Gasteiger partial charge in [0.2, 0.25) is 5.91 Å². The molecule has 1 saturated heterocycles. The fraction of sp³-hybridized carbons (Fsp3) is 0.667. The van der Waals surface area contributed by atoms with Crippen LogP contribution >= 0.6 is 22.6 Å². The highest BCUT2D eigenvalue weighted by Crippen LogP contribution is 2.27. The lowest BCUT2D eigenvalue weighted by Crippen LogP contribution is -2.34. The van der Waals surface area contributed by atoms with Gasteiger partial charge in [-0.2, -0.15) is 0 Å². The fourth-order valence-corrected chi connectivity index (χ4v) is 2.95. The first kappa shape index (κ1) is 20.1. The second-order valence-electron chi connectivity index (χ2n) is 5.88. The van der Waals surface area contributed by atoms with E-state index in [1.54, 1.807) is 0 Å². The number of nitrogens with zero attached hydrogens (tertiary/aromatic N) is 1. The molecule has 1 fully saturated rings. The van der Waals surface area contributed by atoms with Crippen LogP contribution in [0.4, 0.5) is 0 Å². The maximum Gasteiger partial charge on any atom is 0.330 e. The zero-order valence-electron chi connectivity index (χ0n) is 13.6. The Hall–Kier alpha value is -1.24. The van der Waals surface area contributed by atoms with Gasteiger partial charge in [0.1, 0.15) is 12.3 Å². The van der Waals surface area contributed by atoms with Crippen LogP contribution in [0.5, 0.6) is 0 Å². The van der Waals surface area contributed by atoms with E-state index in [4.69, 9.17) is 9.84 Å². The summed E-state index contributed by atoms with van der Waals surface area (Å²) in [6.07, 6.45) is 1.13. The summed E-state index contributed by atoms with van der Waals surface area (Å²) in [4.78, 5) is 37.3. The van der Waals surface area contributed by atoms with Gasteiger partial charge in [-0.1, -0.05) is 22.6 Å². The van der Waals surface area contributed by atoms with Crippen LogP contribution in [0.2, 0.25) is 0 Å². The molecule has 0 radical (unpaired) electrons. The number of hydrogen-bond acceptors (Lipinski definition) is 6. The van der Waals surface area contributed by atoms with Gasteiger partial charge in [-0.05, 0) is 19.3 Å². The summed E-state index contributed by atoms with van der Waals surface area (Å²) in [5.41, 5.74) is -0.626. The van der Waals surface area contributed by atoms with Crippen LogP contribution < -0.4 is 16.6 Å². The Bertz CT molecular complexity index is 703. The van der Waals surface area contributed by atoms with Gasteiger partial charge in [-0.3, -0.25) is 19.1 Å². The molecule has 1 unspecified atom stereocenters. The average Bonchev–Trinajstić information content (AvgIpc) is 2.96. The summed E-state index contributed by atoms with van der Waals surface area (Å²) >= 11 is 1.98. The zero-order valence-corrected chi connectivity index (χ0v) is 15.8. The summed E-state index contributed by atoms with van der Waals surface area (Å²) in [5.74, 6) is -0.0256. The topological polar surface area (TPSA) is 134 Å². The molecule has 1 aromatic rings. The van der Waals surface area contributed by atoms with Crippen LogP contribution in [0, 0.1) is 0 Å². The predicted molar refractivity (Wildman–Crippen MR) is 97.8 cm³/mol. The number of carbonyl (C=O) groups is 1. The van der Waals surface area contributed by atoms with Crippen molar-refractivity contribution in [3.05, 3.63) is 32.6 Å². The summed E-state index contributed by atoms with van der Waals surface area (Å²) in [6, 6.07) is 0. The number of aliphatic hydroxyl groups is 2. The van der Waals surface area contributed by atoms with Gasteiger partial charge in [-0.15, -0.1) is 0 Å². The lowest BCUT2D eigenvalue weighted by molar-refractivity contribution is -0.118. The smallest absolute Gasteiger partial charge is 0.330 e. The van der Waals surface area contributed by atoms with Gasteiger partial charge in [0.05, 0.1) is 17.1 Å². The van der Waals surface area contributed by atoms with Gasteiger partial charge in [-0.25, -0.2) is 4.79 Å². The Kier molecular flexibility index (Phi) is 7.59. The number of rotatable bonds is 8. The van der Waals surface area contributed by atoms with Crippen molar-refractivity contribution < 1.29 is 19.7 Å². The zero-order chi connectivity index (χ0) is 18.4. The third-order valence-corrected chi connectivity index (χ3v) is 4.75. The molecule has 2 rings (SSSR count). The molecule has 2 heterocycles. The van der Waals surface area contributed by atoms with Crippen molar-refractivity contribution in [2.45, 2.75) is 44.1 Å². The largest absolute Gasteiger partial charge is 0.394 e. The SMILES string of the molecule is O=C(CI)NCCCCc1cn([C@@H]2CC(O)[C@H](CO)O2)c(=O)[nH]c1=O. The number of carbonyl (C=O) groups excluding carboxylic acids is 1. The van der Waals surface area contributed by atoms with E-state index >= 15 is 0 Å². The van der Waals surface area contributed by atoms with Crippen LogP contribution in [0.3, 0.4) is 0 Å². The molecular weight excluding hydrogens is 445 g/mol. The Balaban J connectivity index is 1.99. The number of unbranched alkanes of at least 4 members (excludes halogenated alkanes) is 1. The lowest BCUT2D eigenvalue weighted by atomic mass is 10.1. The van der Waals surface area contributed by atoms with Gasteiger partial charge >= 0.3 is 5.69 Å². The van der Waals surface area contributed by atoms with Gasteiger partial charge in [0.25, 0.3) is 5.56 Å². The number of halogens is 1. The van der Waals surface area contributed by atoms with E-state index in [9.17, 15) is 19.5 Å². The Morgan fingerprint density at radius 2 is 2.20 bits per heavy atom. The van der Waals surface area contributed by atoms with E-state index in [1.165, 1.54) is 10.8 Å². The number of ether oxygens (including phenoxy) is 1. The number of hydrogen-bond donors (Lipinski definition) is 4. The molecular formula is C15H22IN3O6. The lowest BCUT2D eigenvalue weighted by Gasteiger charge is -2.15. The molecule has 0 saturated carbocycles. The number of aliphatic hydroxyl groups excluding tert-OH is 2. The van der Waals surface area contributed by atoms with E-state index < -0.39 is 29.7 Å². The number of nitrogens with one attached hydrogen (secondary N) is 2. The maximum atomic E-state index is 12.0. The standard InChI is InChI=1S/C15H22IN3O6/c16-6-12(22)17-4-2-1-3-9-7-19(15(24)18-14(9)23)13-5-10(21)11(8-20)25-13/h7,10-11,13,20-21H,1-6,8H2,(H,17,22)(H,18,23,24)/t10?,11-,13-/m0/s1. The fourth-order valence-electron chi connectivity index (χ4n) is 2.68. The molecule has 3 atom stereocenters. The quantitative estimate of drug-likeness (QED) is 0.222. The number of aromatic nitrogens is 2. The maximum absolute atomic E-state index is 12.0. The molecule has 1 amide bonds. The molecule has 10 heteroatoms. The molecule has 140 valence electrons. The second-order valence-corrected chi connectivity index (χ2v) is 6.64. The van der Waals surface area contributed by atoms with Crippen molar-refractivity contribution in [1.29, 1.82) is 0 Å². The van der Waals surface area contributed by atoms with Crippen LogP contribution in [0.25, 0.3) is 0 Å². The molecule has 9 nitrogen and oxygen atoms in total. The van der Waals surface area contributed by atoms with Crippen LogP contribution in [-0.2, 0) is 16.0 Å². The normalized spacial score (nSPS) is 22.9. The third-order valence-electron chi connectivity index (χ3n) is 4.05. The van der Waals surface area contributed by atoms with Gasteiger partial charge in [0, 0.05) is 24.7 Å². The Morgan fingerprint density at radius 3 is 2.84 bits per heavy atom. The second kappa shape index (κ2) is 9.46. The molecule has 4 N–H and O–H groups in total. The summed E-state index contributed by atoms with van der Waals surface area (Å²) in [7, 11) is 0. The highest BCUT2D eigenvalue weighted by molar-refractivity contribution is 14.1. The molecule has 0 aromatic carbocycles. The van der Waals surface area contributed by atoms with E-state index in [-0.39, 0.29) is 18.9 Å². The summed E-state index contributed by atoms with van der Waals surface area (Å²) in [5, 5.41) is 21.7. The molecule has 0 spiro atoms. The van der Waals surface area contributed by atoms with Crippen molar-refractivity contribution in [1.82, 2.24) is 14.9 Å². The van der Waals surface area contributed by atoms with E-state index in [2.05, 4.69) is 10.3 Å². The molecule has 0 aliphatic carbocycles. The molecule has 1 aliphatic heterocycles. The monoisotopic (exact) mass is 467 g/mol. The number of aromatic amines is 1. The van der Waals surface area contributed by atoms with Crippen molar-refractivity contribution in [2.24, 2.45) is 0 Å². The van der Waals surface area contributed by atoms with Crippen molar-refractivity contribution >= 4 is 28.5 Å². The summed E-state index contributed by atoms with van der Waals surface area (Å²) < 4.78 is 7.11. The van der Waals surface area contributed by atoms with Crippen molar-refractivity contribution in [3.63, 3.8) is 0 Å². The minimum atomic E-state index is -0.862. The Labute approximate surface area is 157 Å². The number of alkyl halides is 1. The minimum Gasteiger partial charge on any atom is -0.394 e. The molecule has 0 bridgehead atoms. The summed E-state index contributed by atoms with van der Waals surface area (Å²) in [6.45, 7) is 0.195. The van der Waals surface area contributed by atoms with Crippen LogP contribution in [-0.4, -0.2) is 55.5 Å². The molecule has 25 heavy (non-hydrogen) atoms. The first-order valence-electron chi connectivity index (χ1n) is 8.07. The van der Waals surface area contributed by atoms with Crippen molar-refractivity contribution in [2.75, 3.05) is 17.6 Å². The highest BCUT2D eigenvalue weighted by Gasteiger charge is 2.35. The van der Waals surface area contributed by atoms with Crippen LogP contribution in [0.1, 0.15) is 31.1 Å². The minimum absolute atomic E-state index is 0.0256. The first-order valence-corrected chi connectivity index (χ1v) is 9.60. The van der Waals surface area contributed by atoms with Crippen molar-refractivity contribution in [3.8, 4) is 0 Å². The third kappa shape index (κ3) is 5.36. The molecule has 1 aliphatic rings. The van der Waals surface area contributed by atoms with Gasteiger partial charge in [0.15, 0.2) is 0 Å². The highest BCUT2D eigenvalue weighted by atomic mass is 127.